The van der Waals surface area contributed by atoms with Crippen LogP contribution < -0.4 is 5.32 Å². The molecule has 0 heterocycles. The Morgan fingerprint density at radius 1 is 0.763 bits per heavy atom. The van der Waals surface area contributed by atoms with Crippen LogP contribution in [0.3, 0.4) is 0 Å². The molecule has 3 aromatic carbocycles. The van der Waals surface area contributed by atoms with Gasteiger partial charge in [-0.05, 0) is 112 Å². The van der Waals surface area contributed by atoms with Crippen molar-refractivity contribution in [1.82, 2.24) is 0 Å². The maximum absolute atomic E-state index is 13.3. The van der Waals surface area contributed by atoms with E-state index in [-0.39, 0.29) is 5.91 Å². The molecule has 0 radical (unpaired) electrons. The molecule has 1 N–H and O–H groups in total. The lowest BCUT2D eigenvalue weighted by Crippen LogP contribution is -2.29. The number of aryl methyl sites for hydroxylation is 4. The molecular weight excluding hydrogens is 474 g/mol. The number of ether oxygens (including phenoxy) is 2. The summed E-state index contributed by atoms with van der Waals surface area (Å²) >= 11 is 0. The van der Waals surface area contributed by atoms with E-state index in [1.807, 2.05) is 27.7 Å². The second kappa shape index (κ2) is 11.1. The van der Waals surface area contributed by atoms with E-state index in [0.29, 0.717) is 11.3 Å². The Kier molecular flexibility index (Phi) is 8.52. The molecule has 0 bridgehead atoms. The van der Waals surface area contributed by atoms with Gasteiger partial charge in [0.05, 0.1) is 18.4 Å². The predicted molar refractivity (Wildman–Crippen MR) is 156 cm³/mol. The summed E-state index contributed by atoms with van der Waals surface area (Å²) in [7, 11) is 1.37. The van der Waals surface area contributed by atoms with Crippen LogP contribution in [0.5, 0.6) is 0 Å². The number of hydrogen-bond acceptors (Lipinski definition) is 4. The molecular formula is C33H41NO4. The molecule has 1 unspecified atom stereocenters. The Balaban J connectivity index is 2.57. The first-order chi connectivity index (χ1) is 17.7. The Bertz CT molecular complexity index is 1400. The molecule has 38 heavy (non-hydrogen) atoms. The van der Waals surface area contributed by atoms with Crippen molar-refractivity contribution in [2.24, 2.45) is 0 Å². The van der Waals surface area contributed by atoms with E-state index < -0.39 is 17.7 Å². The molecule has 5 heteroatoms. The summed E-state index contributed by atoms with van der Waals surface area (Å²) < 4.78 is 11.6. The highest BCUT2D eigenvalue weighted by Gasteiger charge is 2.35. The van der Waals surface area contributed by atoms with Crippen molar-refractivity contribution in [1.29, 1.82) is 0 Å². The molecule has 0 aliphatic heterocycles. The fourth-order valence-corrected chi connectivity index (χ4v) is 4.90. The second-order valence-corrected chi connectivity index (χ2v) is 11.2. The van der Waals surface area contributed by atoms with Gasteiger partial charge in [-0.15, -0.1) is 0 Å². The van der Waals surface area contributed by atoms with Crippen LogP contribution in [-0.2, 0) is 19.1 Å². The molecule has 3 aromatic rings. The van der Waals surface area contributed by atoms with E-state index >= 15 is 0 Å². The quantitative estimate of drug-likeness (QED) is 0.339. The number of methoxy groups -OCH3 is 1. The standard InChI is InChI=1S/C33H41NO4/c1-18-12-14-25(16-20(18)3)27-22(5)28(26-15-13-19(2)21(4)17-26)30(34-24(7)35)23(6)29(27)31(32(36)37-11)38-33(8,9)10/h12-17,31H,1-11H3,(H,34,35). The number of benzene rings is 3. The average Bonchev–Trinajstić information content (AvgIpc) is 2.82. The van der Waals surface area contributed by atoms with Gasteiger partial charge in [0.2, 0.25) is 5.91 Å². The molecule has 0 saturated carbocycles. The number of hydrogen-bond donors (Lipinski definition) is 1. The van der Waals surface area contributed by atoms with E-state index in [0.717, 1.165) is 44.5 Å². The van der Waals surface area contributed by atoms with Crippen molar-refractivity contribution in [3.63, 3.8) is 0 Å². The molecule has 1 atom stereocenters. The van der Waals surface area contributed by atoms with Gasteiger partial charge in [-0.3, -0.25) is 4.79 Å². The van der Waals surface area contributed by atoms with Crippen LogP contribution in [0.2, 0.25) is 0 Å². The molecule has 0 aliphatic carbocycles. The first-order valence-electron chi connectivity index (χ1n) is 13.0. The molecule has 202 valence electrons. The molecule has 0 aliphatic rings. The summed E-state index contributed by atoms with van der Waals surface area (Å²) in [6, 6.07) is 12.7. The number of esters is 1. The summed E-state index contributed by atoms with van der Waals surface area (Å²) in [4.78, 5) is 25.8. The van der Waals surface area contributed by atoms with Crippen LogP contribution >= 0.6 is 0 Å². The van der Waals surface area contributed by atoms with Crippen LogP contribution in [0.1, 0.15) is 72.7 Å². The first kappa shape index (κ1) is 29.1. The Labute approximate surface area is 227 Å². The highest BCUT2D eigenvalue weighted by molar-refractivity contribution is 6.00. The highest BCUT2D eigenvalue weighted by atomic mass is 16.6. The molecule has 0 aromatic heterocycles. The molecule has 0 spiro atoms. The summed E-state index contributed by atoms with van der Waals surface area (Å²) in [6.45, 7) is 19.6. The van der Waals surface area contributed by atoms with Crippen molar-refractivity contribution in [2.45, 2.75) is 80.9 Å². The van der Waals surface area contributed by atoms with E-state index in [4.69, 9.17) is 9.47 Å². The van der Waals surface area contributed by atoms with E-state index in [1.54, 1.807) is 0 Å². The minimum atomic E-state index is -0.989. The predicted octanol–water partition coefficient (Wildman–Crippen LogP) is 7.86. The van der Waals surface area contributed by atoms with Gasteiger partial charge in [-0.2, -0.15) is 0 Å². The zero-order valence-corrected chi connectivity index (χ0v) is 24.7. The first-order valence-corrected chi connectivity index (χ1v) is 13.0. The van der Waals surface area contributed by atoms with Crippen molar-refractivity contribution in [3.8, 4) is 22.3 Å². The minimum Gasteiger partial charge on any atom is -0.467 e. The molecule has 0 saturated heterocycles. The van der Waals surface area contributed by atoms with Gasteiger partial charge in [-0.1, -0.05) is 36.4 Å². The number of carbonyl (C=O) groups is 2. The third kappa shape index (κ3) is 5.99. The lowest BCUT2D eigenvalue weighted by atomic mass is 9.81. The topological polar surface area (TPSA) is 64.6 Å². The van der Waals surface area contributed by atoms with Gasteiger partial charge >= 0.3 is 5.97 Å². The number of nitrogens with one attached hydrogen (secondary N) is 1. The van der Waals surface area contributed by atoms with Gasteiger partial charge in [-0.25, -0.2) is 4.79 Å². The highest BCUT2D eigenvalue weighted by Crippen LogP contribution is 2.47. The normalized spacial score (nSPS) is 12.3. The molecule has 1 amide bonds. The molecule has 5 nitrogen and oxygen atoms in total. The van der Waals surface area contributed by atoms with Crippen LogP contribution in [0, 0.1) is 41.5 Å². The Morgan fingerprint density at radius 3 is 1.68 bits per heavy atom. The van der Waals surface area contributed by atoms with Gasteiger partial charge in [0.15, 0.2) is 6.10 Å². The number of rotatable bonds is 6. The van der Waals surface area contributed by atoms with Crippen LogP contribution in [-0.4, -0.2) is 24.6 Å². The third-order valence-electron chi connectivity index (χ3n) is 7.09. The van der Waals surface area contributed by atoms with E-state index in [2.05, 4.69) is 76.3 Å². The van der Waals surface area contributed by atoms with E-state index in [9.17, 15) is 9.59 Å². The average molecular weight is 516 g/mol. The summed E-state index contributed by atoms with van der Waals surface area (Å²) in [5.74, 6) is -0.672. The van der Waals surface area contributed by atoms with Crippen molar-refractivity contribution in [2.75, 3.05) is 12.4 Å². The van der Waals surface area contributed by atoms with Crippen molar-refractivity contribution in [3.05, 3.63) is 75.3 Å². The van der Waals surface area contributed by atoms with Crippen molar-refractivity contribution < 1.29 is 19.1 Å². The van der Waals surface area contributed by atoms with Crippen molar-refractivity contribution >= 4 is 17.6 Å². The van der Waals surface area contributed by atoms with Gasteiger partial charge in [0.25, 0.3) is 0 Å². The molecule has 0 fully saturated rings. The lowest BCUT2D eigenvalue weighted by molar-refractivity contribution is -0.164. The number of anilines is 1. The maximum atomic E-state index is 13.3. The van der Waals surface area contributed by atoms with Crippen LogP contribution in [0.25, 0.3) is 22.3 Å². The summed E-state index contributed by atoms with van der Waals surface area (Å²) in [5.41, 5.74) is 11.0. The van der Waals surface area contributed by atoms with Gasteiger partial charge in [0.1, 0.15) is 0 Å². The van der Waals surface area contributed by atoms with Crippen LogP contribution in [0.4, 0.5) is 5.69 Å². The second-order valence-electron chi connectivity index (χ2n) is 11.2. The summed E-state index contributed by atoms with van der Waals surface area (Å²) in [6.07, 6.45) is -0.989. The SMILES string of the molecule is COC(=O)C(OC(C)(C)C)c1c(C)c(NC(C)=O)c(-c2ccc(C)c(C)c2)c(C)c1-c1ccc(C)c(C)c1. The van der Waals surface area contributed by atoms with Crippen LogP contribution in [0.15, 0.2) is 36.4 Å². The lowest BCUT2D eigenvalue weighted by Gasteiger charge is -2.32. The fraction of sp³-hybridized carbons (Fsp3) is 0.394. The van der Waals surface area contributed by atoms with Gasteiger partial charge < -0.3 is 14.8 Å². The summed E-state index contributed by atoms with van der Waals surface area (Å²) in [5, 5.41) is 3.08. The number of amides is 1. The Morgan fingerprint density at radius 2 is 1.26 bits per heavy atom. The monoisotopic (exact) mass is 515 g/mol. The number of carbonyl (C=O) groups excluding carboxylic acids is 2. The maximum Gasteiger partial charge on any atom is 0.339 e. The molecule has 3 rings (SSSR count). The smallest absolute Gasteiger partial charge is 0.339 e. The minimum absolute atomic E-state index is 0.186. The van der Waals surface area contributed by atoms with E-state index in [1.165, 1.54) is 25.2 Å². The largest absolute Gasteiger partial charge is 0.467 e. The fourth-order valence-electron chi connectivity index (χ4n) is 4.90. The Hall–Kier alpha value is -3.44. The zero-order chi connectivity index (χ0) is 28.5. The zero-order valence-electron chi connectivity index (χ0n) is 24.7. The van der Waals surface area contributed by atoms with Gasteiger partial charge in [0, 0.05) is 18.1 Å². The third-order valence-corrected chi connectivity index (χ3v) is 7.09.